The molecule has 1 saturated carbocycles. The van der Waals surface area contributed by atoms with E-state index in [1.54, 1.807) is 12.1 Å². The van der Waals surface area contributed by atoms with Gasteiger partial charge >= 0.3 is 5.97 Å². The lowest BCUT2D eigenvalue weighted by molar-refractivity contribution is -0.138. The Morgan fingerprint density at radius 3 is 2.62 bits per heavy atom. The third-order valence-electron chi connectivity index (χ3n) is 4.56. The van der Waals surface area contributed by atoms with E-state index < -0.39 is 5.97 Å². The van der Waals surface area contributed by atoms with Crippen molar-refractivity contribution in [2.24, 2.45) is 11.8 Å². The highest BCUT2D eigenvalue weighted by atomic mass is 19.1. The van der Waals surface area contributed by atoms with Gasteiger partial charge in [-0.2, -0.15) is 0 Å². The van der Waals surface area contributed by atoms with E-state index in [2.05, 4.69) is 0 Å². The van der Waals surface area contributed by atoms with Gasteiger partial charge in [0.15, 0.2) is 0 Å². The number of rotatable bonds is 7. The molecule has 1 N–H and O–H groups in total. The quantitative estimate of drug-likeness (QED) is 0.811. The lowest BCUT2D eigenvalue weighted by Gasteiger charge is -2.09. The highest BCUT2D eigenvalue weighted by molar-refractivity contribution is 5.73. The zero-order chi connectivity index (χ0) is 17.1. The molecular weight excluding hydrogens is 307 g/mol. The average molecular weight is 328 g/mol. The summed E-state index contributed by atoms with van der Waals surface area (Å²) in [6.45, 7) is 2.44. The van der Waals surface area contributed by atoms with Crippen molar-refractivity contribution in [2.75, 3.05) is 6.61 Å². The molecule has 1 aliphatic rings. The first-order valence-electron chi connectivity index (χ1n) is 8.33. The summed E-state index contributed by atoms with van der Waals surface area (Å²) in [5, 5.41) is 8.92. The highest BCUT2D eigenvalue weighted by Crippen LogP contribution is 2.42. The van der Waals surface area contributed by atoms with E-state index in [0.29, 0.717) is 23.8 Å². The van der Waals surface area contributed by atoms with E-state index in [1.165, 1.54) is 6.07 Å². The molecular formula is C20H21FO3. The summed E-state index contributed by atoms with van der Waals surface area (Å²) >= 11 is 0. The maximum absolute atomic E-state index is 14.1. The number of carboxylic acid groups (broad SMARTS) is 1. The van der Waals surface area contributed by atoms with Crippen LogP contribution < -0.4 is 4.74 Å². The fourth-order valence-electron chi connectivity index (χ4n) is 3.05. The first kappa shape index (κ1) is 16.5. The maximum atomic E-state index is 14.1. The van der Waals surface area contributed by atoms with Crippen LogP contribution in [0.25, 0.3) is 11.1 Å². The second-order valence-corrected chi connectivity index (χ2v) is 6.25. The molecule has 0 bridgehead atoms. The topological polar surface area (TPSA) is 46.5 Å². The van der Waals surface area contributed by atoms with Gasteiger partial charge in [0, 0.05) is 5.56 Å². The van der Waals surface area contributed by atoms with Gasteiger partial charge in [-0.1, -0.05) is 24.3 Å². The van der Waals surface area contributed by atoms with Crippen molar-refractivity contribution in [1.29, 1.82) is 0 Å². The number of carboxylic acids is 1. The fourth-order valence-corrected chi connectivity index (χ4v) is 3.05. The third kappa shape index (κ3) is 3.75. The van der Waals surface area contributed by atoms with Crippen LogP contribution in [0.1, 0.15) is 25.3 Å². The number of aliphatic carboxylic acids is 1. The highest BCUT2D eigenvalue weighted by Gasteiger charge is 2.42. The van der Waals surface area contributed by atoms with E-state index in [0.717, 1.165) is 30.4 Å². The molecule has 0 radical (unpaired) electrons. The molecule has 3 rings (SSSR count). The van der Waals surface area contributed by atoms with Crippen LogP contribution in [0, 0.1) is 17.7 Å². The minimum Gasteiger partial charge on any atom is -0.494 e. The summed E-state index contributed by atoms with van der Waals surface area (Å²) < 4.78 is 19.5. The van der Waals surface area contributed by atoms with E-state index in [4.69, 9.17) is 9.84 Å². The van der Waals surface area contributed by atoms with Crippen LogP contribution >= 0.6 is 0 Å². The number of hydrogen-bond donors (Lipinski definition) is 1. The summed E-state index contributed by atoms with van der Waals surface area (Å²) in [5.74, 6) is -0.137. The van der Waals surface area contributed by atoms with Gasteiger partial charge in [-0.15, -0.1) is 0 Å². The second-order valence-electron chi connectivity index (χ2n) is 6.25. The molecule has 126 valence electrons. The Morgan fingerprint density at radius 1 is 1.25 bits per heavy atom. The van der Waals surface area contributed by atoms with Gasteiger partial charge in [-0.05, 0) is 61.4 Å². The zero-order valence-corrected chi connectivity index (χ0v) is 13.7. The number of halogens is 1. The molecule has 24 heavy (non-hydrogen) atoms. The monoisotopic (exact) mass is 328 g/mol. The SMILES string of the molecule is CCOc1ccc(F)c(-c2ccc(CCC3CC3C(=O)O)cc2)c1. The van der Waals surface area contributed by atoms with E-state index in [-0.39, 0.29) is 11.7 Å². The van der Waals surface area contributed by atoms with Crippen molar-refractivity contribution in [2.45, 2.75) is 26.2 Å². The molecule has 4 heteroatoms. The van der Waals surface area contributed by atoms with Crippen LogP contribution in [0.2, 0.25) is 0 Å². The zero-order valence-electron chi connectivity index (χ0n) is 13.7. The molecule has 2 unspecified atom stereocenters. The van der Waals surface area contributed by atoms with Gasteiger partial charge in [0.1, 0.15) is 11.6 Å². The van der Waals surface area contributed by atoms with Crippen LogP contribution in [0.5, 0.6) is 5.75 Å². The van der Waals surface area contributed by atoms with Crippen molar-refractivity contribution < 1.29 is 19.0 Å². The van der Waals surface area contributed by atoms with Crippen molar-refractivity contribution in [3.63, 3.8) is 0 Å². The van der Waals surface area contributed by atoms with Crippen molar-refractivity contribution in [3.05, 3.63) is 53.8 Å². The molecule has 2 aromatic rings. The molecule has 2 atom stereocenters. The first-order chi connectivity index (χ1) is 11.6. The van der Waals surface area contributed by atoms with Gasteiger partial charge in [0.05, 0.1) is 12.5 Å². The summed E-state index contributed by atoms with van der Waals surface area (Å²) in [5.41, 5.74) is 2.49. The smallest absolute Gasteiger partial charge is 0.306 e. The molecule has 1 fully saturated rings. The van der Waals surface area contributed by atoms with Gasteiger partial charge in [0.25, 0.3) is 0 Å². The normalized spacial score (nSPS) is 19.1. The van der Waals surface area contributed by atoms with Gasteiger partial charge < -0.3 is 9.84 Å². The third-order valence-corrected chi connectivity index (χ3v) is 4.56. The Labute approximate surface area is 141 Å². The number of ether oxygens (including phenoxy) is 1. The summed E-state index contributed by atoms with van der Waals surface area (Å²) in [7, 11) is 0. The summed E-state index contributed by atoms with van der Waals surface area (Å²) in [6.07, 6.45) is 2.55. The Kier molecular flexibility index (Phi) is 4.84. The standard InChI is InChI=1S/C20H21FO3/c1-2-24-16-9-10-19(21)17(12-16)14-6-3-13(4-7-14)5-8-15-11-18(15)20(22)23/h3-4,6-7,9-10,12,15,18H,2,5,8,11H2,1H3,(H,22,23). The molecule has 1 aliphatic carbocycles. The van der Waals surface area contributed by atoms with Crippen LogP contribution in [0.3, 0.4) is 0 Å². The number of aryl methyl sites for hydroxylation is 1. The Morgan fingerprint density at radius 2 is 2.00 bits per heavy atom. The minimum absolute atomic E-state index is 0.153. The predicted octanol–water partition coefficient (Wildman–Crippen LogP) is 4.54. The minimum atomic E-state index is -0.681. The van der Waals surface area contributed by atoms with Gasteiger partial charge in [0.2, 0.25) is 0 Å². The molecule has 2 aromatic carbocycles. The fraction of sp³-hybridized carbons (Fsp3) is 0.350. The van der Waals surface area contributed by atoms with E-state index in [9.17, 15) is 9.18 Å². The largest absolute Gasteiger partial charge is 0.494 e. The van der Waals surface area contributed by atoms with Gasteiger partial charge in [-0.3, -0.25) is 4.79 Å². The van der Waals surface area contributed by atoms with Crippen LogP contribution in [0.15, 0.2) is 42.5 Å². The van der Waals surface area contributed by atoms with Crippen molar-refractivity contribution in [1.82, 2.24) is 0 Å². The molecule has 0 saturated heterocycles. The van der Waals surface area contributed by atoms with Crippen molar-refractivity contribution >= 4 is 5.97 Å². The molecule has 3 nitrogen and oxygen atoms in total. The predicted molar refractivity (Wildman–Crippen MR) is 90.6 cm³/mol. The number of carbonyl (C=O) groups is 1. The lowest BCUT2D eigenvalue weighted by atomic mass is 10.0. The second kappa shape index (κ2) is 7.04. The first-order valence-corrected chi connectivity index (χ1v) is 8.33. The average Bonchev–Trinajstić information content (AvgIpc) is 3.36. The van der Waals surface area contributed by atoms with Crippen molar-refractivity contribution in [3.8, 4) is 16.9 Å². The molecule has 0 aliphatic heterocycles. The molecule has 0 aromatic heterocycles. The molecule has 0 spiro atoms. The maximum Gasteiger partial charge on any atom is 0.306 e. The molecule has 0 amide bonds. The van der Waals surface area contributed by atoms with E-state index in [1.807, 2.05) is 31.2 Å². The Balaban J connectivity index is 1.66. The Hall–Kier alpha value is -2.36. The van der Waals surface area contributed by atoms with Crippen LogP contribution in [-0.2, 0) is 11.2 Å². The van der Waals surface area contributed by atoms with Gasteiger partial charge in [-0.25, -0.2) is 4.39 Å². The van der Waals surface area contributed by atoms with E-state index >= 15 is 0 Å². The number of benzene rings is 2. The van der Waals surface area contributed by atoms with Crippen LogP contribution in [-0.4, -0.2) is 17.7 Å². The summed E-state index contributed by atoms with van der Waals surface area (Å²) in [6, 6.07) is 12.6. The molecule has 0 heterocycles. The lowest BCUT2D eigenvalue weighted by Crippen LogP contribution is -2.00. The summed E-state index contributed by atoms with van der Waals surface area (Å²) in [4.78, 5) is 10.8. The Bertz CT molecular complexity index is 724. The number of hydrogen-bond acceptors (Lipinski definition) is 2. The van der Waals surface area contributed by atoms with Crippen LogP contribution in [0.4, 0.5) is 4.39 Å².